The van der Waals surface area contributed by atoms with E-state index in [1.807, 2.05) is 12.1 Å². The summed E-state index contributed by atoms with van der Waals surface area (Å²) in [5.41, 5.74) is 1.10. The highest BCUT2D eigenvalue weighted by Crippen LogP contribution is 2.35. The Balaban J connectivity index is 0.00000256. The number of benzene rings is 2. The number of hydrogen-bond donors (Lipinski definition) is 0. The molecular formula is C21H24Cl2N2O4S. The molecular weight excluding hydrogens is 447 g/mol. The molecule has 0 aliphatic carbocycles. The highest BCUT2D eigenvalue weighted by atomic mass is 35.5. The van der Waals surface area contributed by atoms with Gasteiger partial charge in [0.1, 0.15) is 0 Å². The molecule has 6 nitrogen and oxygen atoms in total. The molecule has 1 saturated heterocycles. The molecule has 2 aliphatic rings. The molecule has 0 saturated carbocycles. The van der Waals surface area contributed by atoms with E-state index in [1.54, 1.807) is 30.3 Å². The number of fused-ring (bicyclic) bond motifs is 1. The molecule has 2 aromatic rings. The van der Waals surface area contributed by atoms with Gasteiger partial charge in [-0.05, 0) is 36.2 Å². The molecule has 0 bridgehead atoms. The molecule has 30 heavy (non-hydrogen) atoms. The van der Waals surface area contributed by atoms with Gasteiger partial charge in [-0.2, -0.15) is 4.31 Å². The lowest BCUT2D eigenvalue weighted by atomic mass is 10.0. The van der Waals surface area contributed by atoms with Crippen LogP contribution in [0.2, 0.25) is 5.02 Å². The van der Waals surface area contributed by atoms with Crippen LogP contribution in [0.15, 0.2) is 53.4 Å². The Morgan fingerprint density at radius 1 is 1.03 bits per heavy atom. The van der Waals surface area contributed by atoms with Crippen LogP contribution in [0.25, 0.3) is 0 Å². The minimum absolute atomic E-state index is 0. The van der Waals surface area contributed by atoms with Crippen LogP contribution in [0, 0.1) is 0 Å². The normalized spacial score (nSPS) is 20.2. The molecule has 2 aromatic carbocycles. The highest BCUT2D eigenvalue weighted by molar-refractivity contribution is 7.89. The summed E-state index contributed by atoms with van der Waals surface area (Å²) in [7, 11) is -3.79. The van der Waals surface area contributed by atoms with Crippen LogP contribution in [0.5, 0.6) is 0 Å². The van der Waals surface area contributed by atoms with Gasteiger partial charge in [-0.15, -0.1) is 12.4 Å². The molecule has 1 atom stereocenters. The number of ketones is 1. The van der Waals surface area contributed by atoms with Gasteiger partial charge in [-0.1, -0.05) is 35.9 Å². The third kappa shape index (κ3) is 4.72. The van der Waals surface area contributed by atoms with Crippen molar-refractivity contribution in [2.45, 2.75) is 17.4 Å². The number of carbonyl (C=O) groups excluding carboxylic acids is 1. The minimum Gasteiger partial charge on any atom is -0.379 e. The molecule has 4 rings (SSSR count). The van der Waals surface area contributed by atoms with E-state index in [0.29, 0.717) is 24.7 Å². The van der Waals surface area contributed by atoms with Crippen LogP contribution in [0.1, 0.15) is 28.4 Å². The summed E-state index contributed by atoms with van der Waals surface area (Å²) in [5, 5.41) is 0.587. The first kappa shape index (κ1) is 23.2. The van der Waals surface area contributed by atoms with Crippen molar-refractivity contribution in [3.63, 3.8) is 0 Å². The summed E-state index contributed by atoms with van der Waals surface area (Å²) in [6.07, 6.45) is 0.580. The number of ether oxygens (including phenoxy) is 1. The maximum Gasteiger partial charge on any atom is 0.244 e. The molecule has 1 unspecified atom stereocenters. The number of nitrogens with zero attached hydrogens (tertiary/aromatic N) is 2. The van der Waals surface area contributed by atoms with Gasteiger partial charge >= 0.3 is 0 Å². The average Bonchev–Trinajstić information content (AvgIpc) is 2.74. The fourth-order valence-electron chi connectivity index (χ4n) is 3.93. The van der Waals surface area contributed by atoms with Gasteiger partial charge in [-0.25, -0.2) is 8.42 Å². The van der Waals surface area contributed by atoms with Crippen molar-refractivity contribution >= 4 is 39.8 Å². The van der Waals surface area contributed by atoms with Gasteiger partial charge in [0, 0.05) is 30.2 Å². The molecule has 0 radical (unpaired) electrons. The van der Waals surface area contributed by atoms with Crippen LogP contribution < -0.4 is 0 Å². The van der Waals surface area contributed by atoms with Gasteiger partial charge in [0.05, 0.1) is 30.7 Å². The third-order valence-corrected chi connectivity index (χ3v) is 7.66. The van der Waals surface area contributed by atoms with Crippen molar-refractivity contribution in [3.8, 4) is 0 Å². The Kier molecular flexibility index (Phi) is 7.55. The van der Waals surface area contributed by atoms with Gasteiger partial charge in [0.2, 0.25) is 10.0 Å². The van der Waals surface area contributed by atoms with Crippen molar-refractivity contribution in [3.05, 3.63) is 64.7 Å². The number of morpholine rings is 1. The van der Waals surface area contributed by atoms with Gasteiger partial charge in [0.15, 0.2) is 5.78 Å². The Labute approximate surface area is 188 Å². The molecule has 2 heterocycles. The zero-order valence-corrected chi connectivity index (χ0v) is 18.8. The second kappa shape index (κ2) is 9.77. The maximum atomic E-state index is 13.4. The van der Waals surface area contributed by atoms with Crippen molar-refractivity contribution in [2.24, 2.45) is 0 Å². The zero-order valence-electron chi connectivity index (χ0n) is 16.4. The number of rotatable bonds is 5. The molecule has 2 aliphatic heterocycles. The van der Waals surface area contributed by atoms with Crippen LogP contribution in [-0.2, 0) is 14.8 Å². The van der Waals surface area contributed by atoms with Crippen LogP contribution in [0.3, 0.4) is 0 Å². The van der Waals surface area contributed by atoms with E-state index < -0.39 is 16.1 Å². The van der Waals surface area contributed by atoms with Crippen molar-refractivity contribution in [1.82, 2.24) is 9.21 Å². The first-order valence-corrected chi connectivity index (χ1v) is 11.5. The van der Waals surface area contributed by atoms with Crippen molar-refractivity contribution in [1.29, 1.82) is 0 Å². The molecule has 162 valence electrons. The quantitative estimate of drug-likeness (QED) is 0.669. The molecule has 1 fully saturated rings. The van der Waals surface area contributed by atoms with E-state index in [0.717, 1.165) is 25.2 Å². The monoisotopic (exact) mass is 470 g/mol. The highest BCUT2D eigenvalue weighted by Gasteiger charge is 2.40. The van der Waals surface area contributed by atoms with Crippen molar-refractivity contribution in [2.75, 3.05) is 39.4 Å². The van der Waals surface area contributed by atoms with Crippen LogP contribution >= 0.6 is 24.0 Å². The van der Waals surface area contributed by atoms with E-state index in [2.05, 4.69) is 4.90 Å². The standard InChI is InChI=1S/C21H23ClN2O4S.ClH/c22-17-7-5-16(6-8-17)19(9-10-23-11-13-28-14-12-23)24-15-20(25)18-3-1-2-4-21(18)29(24,26)27;/h1-8,19H,9-15H2;1H. The zero-order chi connectivity index (χ0) is 20.4. The summed E-state index contributed by atoms with van der Waals surface area (Å²) in [6.45, 7) is 3.57. The largest absolute Gasteiger partial charge is 0.379 e. The van der Waals surface area contributed by atoms with E-state index >= 15 is 0 Å². The Morgan fingerprint density at radius 3 is 2.40 bits per heavy atom. The van der Waals surface area contributed by atoms with Crippen molar-refractivity contribution < 1.29 is 17.9 Å². The molecule has 0 aromatic heterocycles. The molecule has 0 amide bonds. The number of halogens is 2. The predicted octanol–water partition coefficient (Wildman–Crippen LogP) is 3.41. The number of Topliss-reactive ketones (excluding diaryl/α,β-unsaturated/α-hetero) is 1. The summed E-state index contributed by atoms with van der Waals surface area (Å²) in [6, 6.07) is 13.2. The second-order valence-electron chi connectivity index (χ2n) is 7.28. The maximum absolute atomic E-state index is 13.4. The van der Waals surface area contributed by atoms with E-state index in [1.165, 1.54) is 10.4 Å². The fraction of sp³-hybridized carbons (Fsp3) is 0.381. The van der Waals surface area contributed by atoms with Crippen LogP contribution in [-0.4, -0.2) is 62.8 Å². The topological polar surface area (TPSA) is 66.9 Å². The lowest BCUT2D eigenvalue weighted by molar-refractivity contribution is 0.0348. The predicted molar refractivity (Wildman–Crippen MR) is 118 cm³/mol. The fourth-order valence-corrected chi connectivity index (χ4v) is 5.87. The lowest BCUT2D eigenvalue weighted by Gasteiger charge is -2.36. The lowest BCUT2D eigenvalue weighted by Crippen LogP contribution is -2.45. The van der Waals surface area contributed by atoms with Crippen LogP contribution in [0.4, 0.5) is 0 Å². The Morgan fingerprint density at radius 2 is 1.70 bits per heavy atom. The summed E-state index contributed by atoms with van der Waals surface area (Å²) in [4.78, 5) is 15.1. The first-order valence-electron chi connectivity index (χ1n) is 9.66. The Hall–Kier alpha value is -1.48. The summed E-state index contributed by atoms with van der Waals surface area (Å²) >= 11 is 6.04. The van der Waals surface area contributed by atoms with E-state index in [4.69, 9.17) is 16.3 Å². The summed E-state index contributed by atoms with van der Waals surface area (Å²) < 4.78 is 33.5. The first-order chi connectivity index (χ1) is 14.0. The van der Waals surface area contributed by atoms with Gasteiger partial charge < -0.3 is 4.74 Å². The average molecular weight is 471 g/mol. The third-order valence-electron chi connectivity index (χ3n) is 5.50. The number of carbonyl (C=O) groups is 1. The number of sulfonamides is 1. The number of hydrogen-bond acceptors (Lipinski definition) is 5. The molecule has 0 N–H and O–H groups in total. The molecule has 9 heteroatoms. The SMILES string of the molecule is Cl.O=C1CN(C(CCN2CCOCC2)c2ccc(Cl)cc2)S(=O)(=O)c2ccccc21. The smallest absolute Gasteiger partial charge is 0.244 e. The van der Waals surface area contributed by atoms with E-state index in [-0.39, 0.29) is 35.2 Å². The molecule has 0 spiro atoms. The minimum atomic E-state index is -3.79. The second-order valence-corrected chi connectivity index (χ2v) is 9.58. The Bertz CT molecular complexity index is 992. The summed E-state index contributed by atoms with van der Waals surface area (Å²) in [5.74, 6) is -0.180. The van der Waals surface area contributed by atoms with E-state index in [9.17, 15) is 13.2 Å². The van der Waals surface area contributed by atoms with Gasteiger partial charge in [0.25, 0.3) is 0 Å². The van der Waals surface area contributed by atoms with Gasteiger partial charge in [-0.3, -0.25) is 9.69 Å².